The molecular formula is C44H25N3O2. The van der Waals surface area contributed by atoms with Gasteiger partial charge in [-0.2, -0.15) is 0 Å². The quantitative estimate of drug-likeness (QED) is 0.196. The van der Waals surface area contributed by atoms with E-state index in [2.05, 4.69) is 114 Å². The number of hydrogen-bond donors (Lipinski definition) is 0. The van der Waals surface area contributed by atoms with E-state index < -0.39 is 0 Å². The van der Waals surface area contributed by atoms with E-state index in [0.717, 1.165) is 93.7 Å². The van der Waals surface area contributed by atoms with Crippen molar-refractivity contribution in [3.8, 4) is 28.3 Å². The van der Waals surface area contributed by atoms with E-state index in [-0.39, 0.29) is 0 Å². The van der Waals surface area contributed by atoms with Crippen molar-refractivity contribution in [2.45, 2.75) is 0 Å². The van der Waals surface area contributed by atoms with Crippen molar-refractivity contribution in [1.29, 1.82) is 0 Å². The Bertz CT molecular complexity index is 3100. The predicted octanol–water partition coefficient (Wildman–Crippen LogP) is 11.9. The van der Waals surface area contributed by atoms with E-state index in [0.29, 0.717) is 5.82 Å². The molecule has 0 amide bonds. The molecular weight excluding hydrogens is 603 g/mol. The molecule has 0 saturated carbocycles. The monoisotopic (exact) mass is 627 g/mol. The Morgan fingerprint density at radius 3 is 1.94 bits per heavy atom. The molecule has 0 aliphatic carbocycles. The predicted molar refractivity (Wildman–Crippen MR) is 199 cm³/mol. The minimum Gasteiger partial charge on any atom is -0.454 e. The summed E-state index contributed by atoms with van der Waals surface area (Å²) in [5.74, 6) is 0.587. The number of nitrogens with zero attached hydrogens (tertiary/aromatic N) is 3. The van der Waals surface area contributed by atoms with Crippen LogP contribution in [0.3, 0.4) is 0 Å². The van der Waals surface area contributed by atoms with Gasteiger partial charge in [0.2, 0.25) is 0 Å². The van der Waals surface area contributed by atoms with Crippen molar-refractivity contribution < 1.29 is 8.83 Å². The third-order valence-electron chi connectivity index (χ3n) is 9.81. The van der Waals surface area contributed by atoms with Gasteiger partial charge in [-0.05, 0) is 48.5 Å². The lowest BCUT2D eigenvalue weighted by Crippen LogP contribution is -1.96. The maximum Gasteiger partial charge on any atom is 0.164 e. The minimum absolute atomic E-state index is 0.587. The molecule has 4 aromatic heterocycles. The molecule has 228 valence electrons. The topological polar surface area (TPSA) is 57.0 Å². The summed E-state index contributed by atoms with van der Waals surface area (Å²) in [6, 6.07) is 52.4. The van der Waals surface area contributed by atoms with Gasteiger partial charge in [0.05, 0.1) is 22.3 Å². The van der Waals surface area contributed by atoms with E-state index >= 15 is 0 Å². The van der Waals surface area contributed by atoms with E-state index in [1.807, 2.05) is 42.5 Å². The fraction of sp³-hybridized carbons (Fsp3) is 0. The smallest absolute Gasteiger partial charge is 0.164 e. The van der Waals surface area contributed by atoms with E-state index in [4.69, 9.17) is 18.8 Å². The maximum absolute atomic E-state index is 7.01. The van der Waals surface area contributed by atoms with Crippen LogP contribution in [-0.2, 0) is 0 Å². The lowest BCUT2D eigenvalue weighted by Gasteiger charge is -2.10. The van der Waals surface area contributed by atoms with Gasteiger partial charge < -0.3 is 13.4 Å². The molecule has 49 heavy (non-hydrogen) atoms. The van der Waals surface area contributed by atoms with Gasteiger partial charge in [0.1, 0.15) is 16.7 Å². The van der Waals surface area contributed by atoms with Crippen molar-refractivity contribution in [3.63, 3.8) is 0 Å². The van der Waals surface area contributed by atoms with E-state index in [1.165, 1.54) is 5.39 Å². The van der Waals surface area contributed by atoms with E-state index in [1.54, 1.807) is 0 Å². The number of rotatable bonds is 3. The Labute approximate surface area is 279 Å². The molecule has 4 heterocycles. The molecule has 0 unspecified atom stereocenters. The van der Waals surface area contributed by atoms with Gasteiger partial charge >= 0.3 is 0 Å². The Morgan fingerprint density at radius 1 is 0.429 bits per heavy atom. The first kappa shape index (κ1) is 26.4. The maximum atomic E-state index is 7.01. The van der Waals surface area contributed by atoms with Crippen molar-refractivity contribution in [2.75, 3.05) is 0 Å². The van der Waals surface area contributed by atoms with Gasteiger partial charge in [0.25, 0.3) is 0 Å². The first-order valence-electron chi connectivity index (χ1n) is 16.4. The SMILES string of the molecule is c1ccc(-c2nc(-c3cccc4c3oc3c4ccc4c5ccccc5n(-c5ccccc5)c43)nc3c2ccc2c4ccccc4oc23)cc1. The highest BCUT2D eigenvalue weighted by atomic mass is 16.3. The molecule has 0 N–H and O–H groups in total. The van der Waals surface area contributed by atoms with E-state index in [9.17, 15) is 0 Å². The molecule has 0 radical (unpaired) electrons. The largest absolute Gasteiger partial charge is 0.454 e. The van der Waals surface area contributed by atoms with Crippen molar-refractivity contribution in [3.05, 3.63) is 152 Å². The second-order valence-electron chi connectivity index (χ2n) is 12.5. The number of furan rings is 2. The van der Waals surface area contributed by atoms with Crippen LogP contribution in [0, 0.1) is 0 Å². The standard InChI is InChI=1S/C44H25N3O2/c1-3-12-26(13-4-1)38-34-25-24-32-29-17-8-10-21-37(29)48-42(32)39(34)46-44(45-38)35-19-11-18-31-33-23-22-30-28-16-7-9-20-36(28)47(27-14-5-2-6-15-27)40(30)43(33)49-41(31)35/h1-25H. The van der Waals surface area contributed by atoms with Gasteiger partial charge in [-0.1, -0.05) is 103 Å². The molecule has 0 aliphatic rings. The highest BCUT2D eigenvalue weighted by Gasteiger charge is 2.23. The third kappa shape index (κ3) is 3.70. The van der Waals surface area contributed by atoms with Crippen LogP contribution in [0.5, 0.6) is 0 Å². The van der Waals surface area contributed by atoms with Gasteiger partial charge in [-0.3, -0.25) is 0 Å². The Balaban J connectivity index is 1.25. The lowest BCUT2D eigenvalue weighted by atomic mass is 10.0. The van der Waals surface area contributed by atoms with Crippen LogP contribution in [0.15, 0.2) is 160 Å². The second kappa shape index (κ2) is 9.89. The molecule has 7 aromatic carbocycles. The molecule has 11 aromatic rings. The van der Waals surface area contributed by atoms with Crippen molar-refractivity contribution in [1.82, 2.24) is 14.5 Å². The fourth-order valence-corrected chi connectivity index (χ4v) is 7.64. The Morgan fingerprint density at radius 2 is 1.08 bits per heavy atom. The molecule has 5 heteroatoms. The third-order valence-corrected chi connectivity index (χ3v) is 9.81. The molecule has 0 aliphatic heterocycles. The number of aromatic nitrogens is 3. The average molecular weight is 628 g/mol. The number of fused-ring (bicyclic) bond motifs is 12. The van der Waals surface area contributed by atoms with Gasteiger partial charge in [0, 0.05) is 49.0 Å². The summed E-state index contributed by atoms with van der Waals surface area (Å²) in [7, 11) is 0. The van der Waals surface area contributed by atoms with Crippen molar-refractivity contribution in [2.24, 2.45) is 0 Å². The zero-order valence-corrected chi connectivity index (χ0v) is 26.1. The zero-order valence-electron chi connectivity index (χ0n) is 26.1. The van der Waals surface area contributed by atoms with Crippen LogP contribution in [0.1, 0.15) is 0 Å². The summed E-state index contributed by atoms with van der Waals surface area (Å²) < 4.78 is 15.8. The van der Waals surface area contributed by atoms with Crippen molar-refractivity contribution >= 4 is 76.6 Å². The summed E-state index contributed by atoms with van der Waals surface area (Å²) in [4.78, 5) is 10.5. The van der Waals surface area contributed by atoms with Crippen LogP contribution in [0.4, 0.5) is 0 Å². The van der Waals surface area contributed by atoms with Crippen LogP contribution in [0.25, 0.3) is 105 Å². The number of para-hydroxylation sites is 4. The molecule has 0 spiro atoms. The summed E-state index contributed by atoms with van der Waals surface area (Å²) in [5, 5.41) is 7.44. The molecule has 0 atom stereocenters. The molecule has 0 bridgehead atoms. The number of hydrogen-bond acceptors (Lipinski definition) is 4. The highest BCUT2D eigenvalue weighted by Crippen LogP contribution is 2.43. The Kier molecular flexibility index (Phi) is 5.32. The van der Waals surface area contributed by atoms with Crippen LogP contribution < -0.4 is 0 Å². The zero-order chi connectivity index (χ0) is 32.1. The second-order valence-corrected chi connectivity index (χ2v) is 12.5. The first-order valence-corrected chi connectivity index (χ1v) is 16.4. The lowest BCUT2D eigenvalue weighted by molar-refractivity contribution is 0.670. The Hall–Kier alpha value is -6.72. The molecule has 0 saturated heterocycles. The first-order chi connectivity index (χ1) is 24.3. The van der Waals surface area contributed by atoms with Crippen LogP contribution >= 0.6 is 0 Å². The van der Waals surface area contributed by atoms with Gasteiger partial charge in [-0.25, -0.2) is 9.97 Å². The summed E-state index contributed by atoms with van der Waals surface area (Å²) >= 11 is 0. The van der Waals surface area contributed by atoms with Gasteiger partial charge in [-0.15, -0.1) is 0 Å². The summed E-state index contributed by atoms with van der Waals surface area (Å²) in [5.41, 5.74) is 9.91. The van der Waals surface area contributed by atoms with Crippen LogP contribution in [-0.4, -0.2) is 14.5 Å². The van der Waals surface area contributed by atoms with Crippen LogP contribution in [0.2, 0.25) is 0 Å². The normalized spacial score (nSPS) is 12.1. The minimum atomic E-state index is 0.587. The highest BCUT2D eigenvalue weighted by molar-refractivity contribution is 6.23. The molecule has 11 rings (SSSR count). The molecule has 0 fully saturated rings. The summed E-state index contributed by atoms with van der Waals surface area (Å²) in [6.07, 6.45) is 0. The summed E-state index contributed by atoms with van der Waals surface area (Å²) in [6.45, 7) is 0. The van der Waals surface area contributed by atoms with Gasteiger partial charge in [0.15, 0.2) is 17.0 Å². The average Bonchev–Trinajstić information content (AvgIpc) is 3.85. The fourth-order valence-electron chi connectivity index (χ4n) is 7.64. The number of benzene rings is 7. The molecule has 5 nitrogen and oxygen atoms in total.